The molecular weight excluding hydrogens is 147 g/mol. The molecule has 0 aliphatic rings. The average molecular weight is 150 g/mol. The standard InChI is InChI=1S/BH3Si.Cr.Fe/c1-2;;/h2H3;;. The summed E-state index contributed by atoms with van der Waals surface area (Å²) in [5.41, 5.74) is 0. The van der Waals surface area contributed by atoms with Crippen molar-refractivity contribution in [3.63, 3.8) is 0 Å². The Hall–Kier alpha value is 1.33. The predicted molar refractivity (Wildman–Crippen MR) is 15.7 cm³/mol. The van der Waals surface area contributed by atoms with Crippen LogP contribution in [0.25, 0.3) is 0 Å². The monoisotopic (exact) mass is 150 g/mol. The van der Waals surface area contributed by atoms with Crippen LogP contribution in [0.4, 0.5) is 0 Å². The fraction of sp³-hybridized carbons (Fsp3) is 0. The topological polar surface area (TPSA) is 0 Å². The first-order valence-corrected chi connectivity index (χ1v) is 1.73. The zero-order chi connectivity index (χ0) is 2.00. The molecule has 0 heterocycles. The Kier molecular flexibility index (Phi) is 124. The Morgan fingerprint density at radius 2 is 1.25 bits per heavy atom. The van der Waals surface area contributed by atoms with Crippen LogP contribution >= 0.6 is 0 Å². The van der Waals surface area contributed by atoms with E-state index in [9.17, 15) is 0 Å². The summed E-state index contributed by atoms with van der Waals surface area (Å²) < 4.78 is 0. The van der Waals surface area contributed by atoms with Gasteiger partial charge in [-0.2, -0.15) is 0 Å². The van der Waals surface area contributed by atoms with Crippen molar-refractivity contribution in [1.82, 2.24) is 0 Å². The third-order valence-corrected chi connectivity index (χ3v) is 0. The molecule has 0 amide bonds. The van der Waals surface area contributed by atoms with Gasteiger partial charge in [0.1, 0.15) is 0 Å². The zero-order valence-electron chi connectivity index (χ0n) is 2.34. The maximum absolute atomic E-state index is 4.64. The summed E-state index contributed by atoms with van der Waals surface area (Å²) in [4.78, 5) is 0. The van der Waals surface area contributed by atoms with E-state index in [1.54, 1.807) is 0 Å². The van der Waals surface area contributed by atoms with Crippen LogP contribution in [-0.4, -0.2) is 17.6 Å². The Balaban J connectivity index is -0.00000000500. The molecule has 0 aliphatic heterocycles. The van der Waals surface area contributed by atoms with Gasteiger partial charge in [0.25, 0.3) is 0 Å². The van der Waals surface area contributed by atoms with Crippen LogP contribution < -0.4 is 0 Å². The summed E-state index contributed by atoms with van der Waals surface area (Å²) in [7, 11) is 5.44. The summed E-state index contributed by atoms with van der Waals surface area (Å²) in [5, 5.41) is 0. The van der Waals surface area contributed by atoms with E-state index in [1.165, 1.54) is 0 Å². The molecule has 0 rings (SSSR count). The molecule has 0 fully saturated rings. The third kappa shape index (κ3) is 10.2. The van der Waals surface area contributed by atoms with Crippen LogP contribution in [-0.2, 0) is 34.4 Å². The first kappa shape index (κ1) is 18.4. The van der Waals surface area contributed by atoms with Crippen LogP contribution in [0.15, 0.2) is 0 Å². The fourth-order valence-electron chi connectivity index (χ4n) is 0. The van der Waals surface area contributed by atoms with E-state index >= 15 is 0 Å². The molecule has 0 aromatic carbocycles. The molecule has 24 valence electrons. The molecule has 0 spiro atoms. The van der Waals surface area contributed by atoms with Crippen molar-refractivity contribution < 1.29 is 34.4 Å². The summed E-state index contributed by atoms with van der Waals surface area (Å²) in [6, 6.07) is 0. The molecule has 2 radical (unpaired) electrons. The normalized spacial score (nSPS) is 2.00. The predicted octanol–water partition coefficient (Wildman–Crippen LogP) is -1.57. The summed E-state index contributed by atoms with van der Waals surface area (Å²) in [6.07, 6.45) is 0. The first-order chi connectivity index (χ1) is 1.00. The van der Waals surface area contributed by atoms with Crippen molar-refractivity contribution in [3.05, 3.63) is 0 Å². The first-order valence-electron chi connectivity index (χ1n) is 0.577. The van der Waals surface area contributed by atoms with Gasteiger partial charge in [-0.1, -0.05) is 0 Å². The SMILES string of the molecule is [B][SiH3].[Cr].[Fe]. The van der Waals surface area contributed by atoms with Crippen molar-refractivity contribution in [2.45, 2.75) is 0 Å². The van der Waals surface area contributed by atoms with E-state index in [4.69, 9.17) is 0 Å². The molecule has 0 nitrogen and oxygen atoms in total. The zero-order valence-corrected chi connectivity index (χ0v) is 6.72. The molecule has 0 saturated carbocycles. The van der Waals surface area contributed by atoms with Gasteiger partial charge in [0.2, 0.25) is 0 Å². The molecule has 0 bridgehead atoms. The quantitative estimate of drug-likeness (QED) is 0.366. The van der Waals surface area contributed by atoms with Gasteiger partial charge in [-0.05, 0) is 10.1 Å². The molecule has 0 atom stereocenters. The van der Waals surface area contributed by atoms with Crippen molar-refractivity contribution in [2.24, 2.45) is 0 Å². The molecule has 0 aromatic heterocycles. The summed E-state index contributed by atoms with van der Waals surface area (Å²) >= 11 is 0. The van der Waals surface area contributed by atoms with Crippen LogP contribution in [0.2, 0.25) is 0 Å². The third-order valence-electron chi connectivity index (χ3n) is 0. The minimum Gasteiger partial charge on any atom is -0.0388 e. The molecule has 4 heavy (non-hydrogen) atoms. The largest absolute Gasteiger partial charge is 0.0434 e. The van der Waals surface area contributed by atoms with Gasteiger partial charge in [0.15, 0.2) is 0 Å². The number of hydrogen-bond donors (Lipinski definition) is 0. The van der Waals surface area contributed by atoms with E-state index in [0.717, 1.165) is 10.1 Å². The van der Waals surface area contributed by atoms with Gasteiger partial charge in [-0.25, -0.2) is 0 Å². The molecule has 4 heteroatoms. The maximum Gasteiger partial charge on any atom is 0.0434 e. The van der Waals surface area contributed by atoms with Crippen LogP contribution in [0.1, 0.15) is 0 Å². The van der Waals surface area contributed by atoms with E-state index < -0.39 is 0 Å². The van der Waals surface area contributed by atoms with E-state index in [2.05, 4.69) is 7.44 Å². The van der Waals surface area contributed by atoms with Crippen molar-refractivity contribution >= 4 is 17.6 Å². The molecule has 0 saturated heterocycles. The molecule has 0 aliphatic carbocycles. The van der Waals surface area contributed by atoms with Crippen molar-refractivity contribution in [1.29, 1.82) is 0 Å². The second-order valence-corrected chi connectivity index (χ2v) is 0. The number of rotatable bonds is 0. The van der Waals surface area contributed by atoms with Crippen LogP contribution in [0.3, 0.4) is 0 Å². The van der Waals surface area contributed by atoms with Crippen molar-refractivity contribution in [3.8, 4) is 0 Å². The Morgan fingerprint density at radius 3 is 1.25 bits per heavy atom. The molecule has 0 unspecified atom stereocenters. The smallest absolute Gasteiger partial charge is 0.0388 e. The van der Waals surface area contributed by atoms with Gasteiger partial charge < -0.3 is 0 Å². The van der Waals surface area contributed by atoms with Gasteiger partial charge in [-0.3, -0.25) is 0 Å². The number of hydrogen-bond acceptors (Lipinski definition) is 0. The fourth-order valence-corrected chi connectivity index (χ4v) is 0. The van der Waals surface area contributed by atoms with Gasteiger partial charge in [0, 0.05) is 41.9 Å². The van der Waals surface area contributed by atoms with E-state index in [1.807, 2.05) is 0 Å². The van der Waals surface area contributed by atoms with E-state index in [0.29, 0.717) is 0 Å². The second-order valence-electron chi connectivity index (χ2n) is 0. The average Bonchev–Trinajstić information content (AvgIpc) is 1.00. The Bertz CT molecular complexity index is 8.00. The molecular formula is H3BCrFeSi. The summed E-state index contributed by atoms with van der Waals surface area (Å²) in [5.74, 6) is 0. The minimum absolute atomic E-state index is 0. The van der Waals surface area contributed by atoms with E-state index in [-0.39, 0.29) is 34.4 Å². The summed E-state index contributed by atoms with van der Waals surface area (Å²) in [6.45, 7) is 0. The van der Waals surface area contributed by atoms with Gasteiger partial charge >= 0.3 is 0 Å². The second kappa shape index (κ2) is 27.1. The maximum atomic E-state index is 4.64. The Labute approximate surface area is 52.1 Å². The van der Waals surface area contributed by atoms with Gasteiger partial charge in [0.05, 0.1) is 0 Å². The molecule has 0 N–H and O–H groups in total. The molecule has 0 aromatic rings. The van der Waals surface area contributed by atoms with Crippen molar-refractivity contribution in [2.75, 3.05) is 0 Å². The van der Waals surface area contributed by atoms with Crippen LogP contribution in [0, 0.1) is 0 Å². The Morgan fingerprint density at radius 1 is 1.25 bits per heavy atom. The van der Waals surface area contributed by atoms with Gasteiger partial charge in [-0.15, -0.1) is 0 Å². The minimum atomic E-state index is 0. The van der Waals surface area contributed by atoms with Crippen LogP contribution in [0.5, 0.6) is 0 Å².